The van der Waals surface area contributed by atoms with E-state index in [9.17, 15) is 14.4 Å². The van der Waals surface area contributed by atoms with Crippen LogP contribution in [0.1, 0.15) is 46.6 Å². The molecule has 0 heterocycles. The maximum atomic E-state index is 13.3. The van der Waals surface area contributed by atoms with Gasteiger partial charge >= 0.3 is 11.9 Å². The third-order valence-electron chi connectivity index (χ3n) is 4.08. The quantitative estimate of drug-likeness (QED) is 0.506. The van der Waals surface area contributed by atoms with E-state index in [1.807, 2.05) is 44.2 Å². The number of rotatable bonds is 9. The fraction of sp³-hybridized carbons (Fsp3) is 0.550. The lowest BCUT2D eigenvalue weighted by atomic mass is 9.69. The molecule has 0 saturated carbocycles. The molecule has 0 saturated heterocycles. The highest BCUT2D eigenvalue weighted by Crippen LogP contribution is 2.35. The molecule has 5 nitrogen and oxygen atoms in total. The molecule has 0 spiro atoms. The average Bonchev–Trinajstić information content (AvgIpc) is 2.55. The smallest absolute Gasteiger partial charge is 0.328 e. The summed E-state index contributed by atoms with van der Waals surface area (Å²) in [6.45, 7) is 9.22. The summed E-state index contributed by atoms with van der Waals surface area (Å²) in [4.78, 5) is 38.0. The van der Waals surface area contributed by atoms with Gasteiger partial charge in [0, 0.05) is 0 Å². The minimum Gasteiger partial charge on any atom is -0.465 e. The summed E-state index contributed by atoms with van der Waals surface area (Å²) in [5.74, 6) is -3.55. The lowest BCUT2D eigenvalue weighted by Crippen LogP contribution is -2.46. The second kappa shape index (κ2) is 9.35. The van der Waals surface area contributed by atoms with Crippen molar-refractivity contribution in [3.05, 3.63) is 35.9 Å². The van der Waals surface area contributed by atoms with Gasteiger partial charge in [0.25, 0.3) is 0 Å². The van der Waals surface area contributed by atoms with Crippen molar-refractivity contribution < 1.29 is 23.9 Å². The van der Waals surface area contributed by atoms with Crippen LogP contribution in [0.3, 0.4) is 0 Å². The van der Waals surface area contributed by atoms with Crippen molar-refractivity contribution in [2.75, 3.05) is 13.2 Å². The van der Waals surface area contributed by atoms with E-state index in [1.54, 1.807) is 20.8 Å². The molecule has 0 radical (unpaired) electrons. The molecule has 1 rings (SSSR count). The van der Waals surface area contributed by atoms with Gasteiger partial charge in [0.15, 0.2) is 5.78 Å². The summed E-state index contributed by atoms with van der Waals surface area (Å²) >= 11 is 0. The number of ketones is 1. The van der Waals surface area contributed by atoms with Crippen LogP contribution in [0.2, 0.25) is 0 Å². The highest BCUT2D eigenvalue weighted by atomic mass is 16.6. The molecular formula is C20H28O5. The zero-order valence-corrected chi connectivity index (χ0v) is 15.7. The molecule has 138 valence electrons. The van der Waals surface area contributed by atoms with Crippen LogP contribution in [0.5, 0.6) is 0 Å². The van der Waals surface area contributed by atoms with Crippen LogP contribution < -0.4 is 0 Å². The lowest BCUT2D eigenvalue weighted by Gasteiger charge is -2.32. The van der Waals surface area contributed by atoms with Gasteiger partial charge in [-0.1, -0.05) is 44.2 Å². The van der Waals surface area contributed by atoms with E-state index in [0.29, 0.717) is 6.42 Å². The van der Waals surface area contributed by atoms with Crippen LogP contribution >= 0.6 is 0 Å². The molecule has 1 aromatic carbocycles. The minimum absolute atomic E-state index is 0.0915. The van der Waals surface area contributed by atoms with Crippen LogP contribution in [0.15, 0.2) is 30.3 Å². The van der Waals surface area contributed by atoms with Crippen LogP contribution in [0, 0.1) is 11.8 Å². The van der Waals surface area contributed by atoms with E-state index in [1.165, 1.54) is 0 Å². The number of hydrogen-bond donors (Lipinski definition) is 0. The van der Waals surface area contributed by atoms with E-state index in [4.69, 9.17) is 9.47 Å². The summed E-state index contributed by atoms with van der Waals surface area (Å²) in [6, 6.07) is 9.22. The maximum Gasteiger partial charge on any atom is 0.328 e. The number of Topliss-reactive ketones (excluding diaryl/α,β-unsaturated/α-hetero) is 1. The van der Waals surface area contributed by atoms with E-state index in [0.717, 1.165) is 5.56 Å². The van der Waals surface area contributed by atoms with Gasteiger partial charge < -0.3 is 9.47 Å². The lowest BCUT2D eigenvalue weighted by molar-refractivity contribution is -0.165. The Morgan fingerprint density at radius 3 is 1.84 bits per heavy atom. The first-order valence-electron chi connectivity index (χ1n) is 8.71. The van der Waals surface area contributed by atoms with Crippen LogP contribution in [-0.4, -0.2) is 30.9 Å². The summed E-state index contributed by atoms with van der Waals surface area (Å²) in [7, 11) is 0. The van der Waals surface area contributed by atoms with Crippen molar-refractivity contribution in [2.24, 2.45) is 11.8 Å². The minimum atomic E-state index is -1.57. The van der Waals surface area contributed by atoms with Crippen molar-refractivity contribution in [1.82, 2.24) is 0 Å². The Hall–Kier alpha value is -2.17. The summed E-state index contributed by atoms with van der Waals surface area (Å²) in [5.41, 5.74) is -0.216. The third-order valence-corrected chi connectivity index (χ3v) is 4.08. The monoisotopic (exact) mass is 348 g/mol. The normalized spacial score (nSPS) is 13.4. The molecule has 0 N–H and O–H groups in total. The first-order valence-corrected chi connectivity index (χ1v) is 8.71. The van der Waals surface area contributed by atoms with E-state index in [-0.39, 0.29) is 19.1 Å². The molecule has 25 heavy (non-hydrogen) atoms. The Morgan fingerprint density at radius 1 is 0.960 bits per heavy atom. The van der Waals surface area contributed by atoms with Gasteiger partial charge in [-0.05, 0) is 38.7 Å². The first kappa shape index (κ1) is 20.9. The average molecular weight is 348 g/mol. The van der Waals surface area contributed by atoms with Gasteiger partial charge in [0.05, 0.1) is 18.6 Å². The molecule has 0 bridgehead atoms. The Balaban J connectivity index is 3.35. The maximum absolute atomic E-state index is 13.3. The molecule has 0 amide bonds. The van der Waals surface area contributed by atoms with Crippen molar-refractivity contribution >= 4 is 17.7 Å². The Labute approximate surface area is 149 Å². The summed E-state index contributed by atoms with van der Waals surface area (Å²) in [5, 5.41) is 0. The highest BCUT2D eigenvalue weighted by Gasteiger charge is 2.47. The zero-order valence-electron chi connectivity index (χ0n) is 15.7. The van der Waals surface area contributed by atoms with Gasteiger partial charge in [-0.2, -0.15) is 0 Å². The third kappa shape index (κ3) is 5.15. The number of carbonyl (C=O) groups excluding carboxylic acids is 3. The van der Waals surface area contributed by atoms with Crippen molar-refractivity contribution in [2.45, 2.75) is 46.5 Å². The van der Waals surface area contributed by atoms with E-state index in [2.05, 4.69) is 0 Å². The molecule has 0 fully saturated rings. The molecule has 0 aliphatic carbocycles. The van der Waals surface area contributed by atoms with E-state index < -0.39 is 29.1 Å². The fourth-order valence-electron chi connectivity index (χ4n) is 3.06. The van der Waals surface area contributed by atoms with Gasteiger partial charge in [0.1, 0.15) is 0 Å². The fourth-order valence-corrected chi connectivity index (χ4v) is 3.06. The molecule has 1 atom stereocenters. The standard InChI is InChI=1S/C20H28O5/c1-6-24-18(22)16(19(23)25-7-2)17(21)20(5,13-14(3)4)15-11-9-8-10-12-15/h8-12,14,16H,6-7,13H2,1-5H3/t20-/m0/s1. The molecule has 0 unspecified atom stereocenters. The first-order chi connectivity index (χ1) is 11.8. The van der Waals surface area contributed by atoms with Crippen LogP contribution in [0.4, 0.5) is 0 Å². The molecule has 0 aliphatic rings. The SMILES string of the molecule is CCOC(=O)C(C(=O)OCC)C(=O)[C@@](C)(CC(C)C)c1ccccc1. The highest BCUT2D eigenvalue weighted by molar-refractivity contribution is 6.18. The second-order valence-electron chi connectivity index (χ2n) is 6.60. The Bertz CT molecular complexity index is 575. The van der Waals surface area contributed by atoms with Gasteiger partial charge in [-0.15, -0.1) is 0 Å². The van der Waals surface area contributed by atoms with Crippen molar-refractivity contribution in [3.8, 4) is 0 Å². The number of hydrogen-bond acceptors (Lipinski definition) is 5. The molecular weight excluding hydrogens is 320 g/mol. The van der Waals surface area contributed by atoms with Crippen LogP contribution in [-0.2, 0) is 29.3 Å². The number of benzene rings is 1. The largest absolute Gasteiger partial charge is 0.465 e. The molecule has 0 aliphatic heterocycles. The van der Waals surface area contributed by atoms with Gasteiger partial charge in [-0.3, -0.25) is 14.4 Å². The predicted molar refractivity (Wildman–Crippen MR) is 95.0 cm³/mol. The predicted octanol–water partition coefficient (Wildman–Crippen LogP) is 3.30. The second-order valence-corrected chi connectivity index (χ2v) is 6.60. The van der Waals surface area contributed by atoms with Crippen molar-refractivity contribution in [3.63, 3.8) is 0 Å². The van der Waals surface area contributed by atoms with E-state index >= 15 is 0 Å². The topological polar surface area (TPSA) is 69.7 Å². The number of ether oxygens (including phenoxy) is 2. The number of esters is 2. The summed E-state index contributed by atoms with van der Waals surface area (Å²) < 4.78 is 9.94. The van der Waals surface area contributed by atoms with Crippen LogP contribution in [0.25, 0.3) is 0 Å². The number of carbonyl (C=O) groups is 3. The summed E-state index contributed by atoms with van der Waals surface area (Å²) in [6.07, 6.45) is 0.505. The van der Waals surface area contributed by atoms with Gasteiger partial charge in [0.2, 0.25) is 5.92 Å². The zero-order chi connectivity index (χ0) is 19.0. The Kier molecular flexibility index (Phi) is 7.81. The molecule has 0 aromatic heterocycles. The molecule has 1 aromatic rings. The van der Waals surface area contributed by atoms with Crippen molar-refractivity contribution in [1.29, 1.82) is 0 Å². The Morgan fingerprint density at radius 2 is 1.44 bits per heavy atom. The van der Waals surface area contributed by atoms with Gasteiger partial charge in [-0.25, -0.2) is 0 Å². The molecule has 5 heteroatoms.